The first-order valence-corrected chi connectivity index (χ1v) is 10.6. The summed E-state index contributed by atoms with van der Waals surface area (Å²) in [5.41, 5.74) is 5.58. The van der Waals surface area contributed by atoms with Gasteiger partial charge < -0.3 is 21.1 Å². The lowest BCUT2D eigenvalue weighted by molar-refractivity contribution is -0.00407. The highest BCUT2D eigenvalue weighted by Gasteiger charge is 2.41. The van der Waals surface area contributed by atoms with Crippen LogP contribution in [0.2, 0.25) is 10.0 Å². The molecule has 1 aromatic heterocycles. The van der Waals surface area contributed by atoms with Crippen molar-refractivity contribution < 1.29 is 14.7 Å². The number of carbonyl (C=O) groups is 2. The fourth-order valence-electron chi connectivity index (χ4n) is 3.59. The van der Waals surface area contributed by atoms with Crippen molar-refractivity contribution in [1.29, 1.82) is 0 Å². The molecule has 1 unspecified atom stereocenters. The lowest BCUT2D eigenvalue weighted by Gasteiger charge is -2.39. The minimum atomic E-state index is -1.23. The first kappa shape index (κ1) is 23.4. The van der Waals surface area contributed by atoms with Crippen LogP contribution < -0.4 is 11.1 Å². The molecule has 1 aromatic carbocycles. The number of benzene rings is 1. The van der Waals surface area contributed by atoms with Crippen molar-refractivity contribution in [2.75, 3.05) is 6.54 Å². The van der Waals surface area contributed by atoms with Crippen LogP contribution in [0.3, 0.4) is 0 Å². The number of aromatic nitrogens is 2. The van der Waals surface area contributed by atoms with Crippen LogP contribution in [0.25, 0.3) is 11.3 Å². The van der Waals surface area contributed by atoms with E-state index >= 15 is 0 Å². The maximum Gasteiger partial charge on any atom is 0.315 e. The number of nitrogens with two attached hydrogens (primary N) is 1. The third-order valence-corrected chi connectivity index (χ3v) is 5.81. The van der Waals surface area contributed by atoms with Crippen molar-refractivity contribution in [3.05, 3.63) is 39.5 Å². The molecule has 31 heavy (non-hydrogen) atoms. The molecule has 1 aliphatic heterocycles. The number of aliphatic hydroxyl groups is 1. The Hall–Kier alpha value is -2.29. The predicted octanol–water partition coefficient (Wildman–Crippen LogP) is 3.59. The van der Waals surface area contributed by atoms with Gasteiger partial charge in [0.2, 0.25) is 0 Å². The average molecular weight is 468 g/mol. The molecular formula is C21H27Cl2N5O3. The van der Waals surface area contributed by atoms with Crippen LogP contribution in [0.5, 0.6) is 0 Å². The Morgan fingerprint density at radius 1 is 1.19 bits per heavy atom. The second-order valence-electron chi connectivity index (χ2n) is 9.34. The highest BCUT2D eigenvalue weighted by molar-refractivity contribution is 6.42. The summed E-state index contributed by atoms with van der Waals surface area (Å²) in [6.45, 7) is 9.11. The molecule has 0 fully saturated rings. The fraction of sp³-hybridized carbons (Fsp3) is 0.476. The van der Waals surface area contributed by atoms with Crippen LogP contribution >= 0.6 is 23.2 Å². The van der Waals surface area contributed by atoms with Gasteiger partial charge in [0.15, 0.2) is 0 Å². The van der Waals surface area contributed by atoms with Crippen LogP contribution in [-0.2, 0) is 6.54 Å². The second kappa shape index (κ2) is 8.00. The Labute approximate surface area is 191 Å². The van der Waals surface area contributed by atoms with Gasteiger partial charge in [-0.1, -0.05) is 29.3 Å². The van der Waals surface area contributed by atoms with Crippen LogP contribution in [0.4, 0.5) is 4.79 Å². The zero-order valence-corrected chi connectivity index (χ0v) is 19.7. The number of amides is 3. The smallest absolute Gasteiger partial charge is 0.315 e. The number of nitrogens with one attached hydrogen (secondary N) is 1. The molecule has 2 heterocycles. The molecule has 0 saturated carbocycles. The number of fused-ring (bicyclic) bond motifs is 1. The summed E-state index contributed by atoms with van der Waals surface area (Å²) < 4.78 is 1.62. The van der Waals surface area contributed by atoms with Gasteiger partial charge in [0.1, 0.15) is 5.69 Å². The van der Waals surface area contributed by atoms with Gasteiger partial charge in [0, 0.05) is 17.6 Å². The third-order valence-electron chi connectivity index (χ3n) is 5.07. The molecule has 8 nitrogen and oxygen atoms in total. The van der Waals surface area contributed by atoms with E-state index in [0.717, 1.165) is 0 Å². The molecule has 0 spiro atoms. The van der Waals surface area contributed by atoms with Gasteiger partial charge >= 0.3 is 6.03 Å². The van der Waals surface area contributed by atoms with Crippen molar-refractivity contribution in [3.63, 3.8) is 0 Å². The van der Waals surface area contributed by atoms with E-state index in [-0.39, 0.29) is 19.0 Å². The maximum atomic E-state index is 13.4. The molecule has 1 atom stereocenters. The van der Waals surface area contributed by atoms with Crippen molar-refractivity contribution in [2.24, 2.45) is 5.73 Å². The van der Waals surface area contributed by atoms with Crippen molar-refractivity contribution in [1.82, 2.24) is 20.0 Å². The number of nitrogens with zero attached hydrogens (tertiary/aromatic N) is 3. The van der Waals surface area contributed by atoms with Crippen LogP contribution in [0, 0.1) is 0 Å². The zero-order valence-electron chi connectivity index (χ0n) is 18.2. The number of urea groups is 1. The minimum absolute atomic E-state index is 0.0864. The highest BCUT2D eigenvalue weighted by Crippen LogP contribution is 2.37. The van der Waals surface area contributed by atoms with Gasteiger partial charge in [0.05, 0.1) is 39.5 Å². The van der Waals surface area contributed by atoms with E-state index in [1.165, 1.54) is 4.90 Å². The van der Waals surface area contributed by atoms with Gasteiger partial charge in [-0.05, 0) is 46.8 Å². The molecular weight excluding hydrogens is 441 g/mol. The molecule has 10 heteroatoms. The van der Waals surface area contributed by atoms with Gasteiger partial charge in [0.25, 0.3) is 5.91 Å². The largest absolute Gasteiger partial charge is 0.388 e. The Bertz CT molecular complexity index is 1040. The summed E-state index contributed by atoms with van der Waals surface area (Å²) in [6, 6.07) is 3.74. The number of hydrogen-bond donors (Lipinski definition) is 3. The normalized spacial score (nSPS) is 16.8. The predicted molar refractivity (Wildman–Crippen MR) is 120 cm³/mol. The number of primary amides is 1. The van der Waals surface area contributed by atoms with E-state index in [0.29, 0.717) is 32.6 Å². The van der Waals surface area contributed by atoms with E-state index in [1.54, 1.807) is 36.7 Å². The van der Waals surface area contributed by atoms with Crippen LogP contribution in [0.1, 0.15) is 56.7 Å². The van der Waals surface area contributed by atoms with Crippen LogP contribution in [0.15, 0.2) is 18.2 Å². The molecule has 0 aliphatic carbocycles. The molecule has 0 saturated heterocycles. The Morgan fingerprint density at radius 3 is 2.35 bits per heavy atom. The lowest BCUT2D eigenvalue weighted by atomic mass is 9.95. The Morgan fingerprint density at radius 2 is 1.84 bits per heavy atom. The SMILES string of the molecule is CC(C)(C)NC(=O)c1c(-c2ccc(Cl)c(Cl)c2)nn2c1CN(C(N)=O)CC2C(C)(C)O. The second-order valence-corrected chi connectivity index (χ2v) is 10.2. The topological polar surface area (TPSA) is 113 Å². The molecule has 1 aliphatic rings. The molecule has 168 valence electrons. The average Bonchev–Trinajstić information content (AvgIpc) is 3.00. The first-order valence-electron chi connectivity index (χ1n) is 9.85. The summed E-state index contributed by atoms with van der Waals surface area (Å²) in [4.78, 5) is 26.8. The number of halogens is 2. The number of hydrogen-bond acceptors (Lipinski definition) is 4. The monoisotopic (exact) mass is 467 g/mol. The Kier molecular flexibility index (Phi) is 6.03. The summed E-state index contributed by atoms with van der Waals surface area (Å²) in [7, 11) is 0. The summed E-state index contributed by atoms with van der Waals surface area (Å²) >= 11 is 12.3. The summed E-state index contributed by atoms with van der Waals surface area (Å²) in [6.07, 6.45) is 0. The van der Waals surface area contributed by atoms with E-state index in [1.807, 2.05) is 20.8 Å². The molecule has 2 aromatic rings. The van der Waals surface area contributed by atoms with Crippen molar-refractivity contribution >= 4 is 35.1 Å². The summed E-state index contributed by atoms with van der Waals surface area (Å²) in [5, 5.41) is 19.1. The van der Waals surface area contributed by atoms with E-state index in [9.17, 15) is 14.7 Å². The standard InChI is InChI=1S/C21H27Cl2N5O3/c1-20(2,3)25-18(29)16-14-9-27(19(24)30)10-15(21(4,5)31)28(14)26-17(16)11-6-7-12(22)13(23)8-11/h6-8,15,31H,9-10H2,1-5H3,(H2,24,30)(H,25,29). The van der Waals surface area contributed by atoms with Crippen molar-refractivity contribution in [3.8, 4) is 11.3 Å². The van der Waals surface area contributed by atoms with E-state index in [2.05, 4.69) is 5.32 Å². The quantitative estimate of drug-likeness (QED) is 0.639. The lowest BCUT2D eigenvalue weighted by Crippen LogP contribution is -2.50. The molecule has 4 N–H and O–H groups in total. The molecule has 0 bridgehead atoms. The summed E-state index contributed by atoms with van der Waals surface area (Å²) in [5.74, 6) is -0.351. The number of carbonyl (C=O) groups excluding carboxylic acids is 2. The molecule has 0 radical (unpaired) electrons. The first-order chi connectivity index (χ1) is 14.2. The maximum absolute atomic E-state index is 13.4. The van der Waals surface area contributed by atoms with Crippen LogP contribution in [-0.4, -0.2) is 49.4 Å². The van der Waals surface area contributed by atoms with E-state index in [4.69, 9.17) is 34.0 Å². The van der Waals surface area contributed by atoms with Gasteiger partial charge in [-0.3, -0.25) is 9.48 Å². The molecule has 3 amide bonds. The van der Waals surface area contributed by atoms with Gasteiger partial charge in [-0.25, -0.2) is 4.79 Å². The fourth-order valence-corrected chi connectivity index (χ4v) is 3.89. The highest BCUT2D eigenvalue weighted by atomic mass is 35.5. The number of rotatable bonds is 3. The van der Waals surface area contributed by atoms with Gasteiger partial charge in [-0.2, -0.15) is 5.10 Å². The van der Waals surface area contributed by atoms with Crippen molar-refractivity contribution in [2.45, 2.75) is 58.3 Å². The zero-order chi connectivity index (χ0) is 23.3. The Balaban J connectivity index is 2.28. The third kappa shape index (κ3) is 4.81. The van der Waals surface area contributed by atoms with Gasteiger partial charge in [-0.15, -0.1) is 0 Å². The minimum Gasteiger partial charge on any atom is -0.388 e. The van der Waals surface area contributed by atoms with E-state index < -0.39 is 23.2 Å². The molecule has 3 rings (SSSR count).